The second kappa shape index (κ2) is 10.6. The van der Waals surface area contributed by atoms with Crippen LogP contribution in [0.5, 0.6) is 0 Å². The quantitative estimate of drug-likeness (QED) is 0.379. The SMILES string of the molecule is COC(=O)c1ccc(N2CCN(CC(=O)NNC(=O)c3cccc([N+](=O)[O-])c3)C(C)C2)cc1. The molecule has 1 heterocycles. The smallest absolute Gasteiger partial charge is 0.337 e. The predicted octanol–water partition coefficient (Wildman–Crippen LogP) is 1.35. The van der Waals surface area contributed by atoms with E-state index >= 15 is 0 Å². The molecule has 2 N–H and O–H groups in total. The summed E-state index contributed by atoms with van der Waals surface area (Å²) in [4.78, 5) is 50.5. The predicted molar refractivity (Wildman–Crippen MR) is 120 cm³/mol. The zero-order valence-corrected chi connectivity index (χ0v) is 18.3. The Morgan fingerprint density at radius 2 is 1.82 bits per heavy atom. The molecule has 11 heteroatoms. The Balaban J connectivity index is 1.48. The second-order valence-electron chi connectivity index (χ2n) is 7.61. The molecule has 0 aliphatic carbocycles. The molecule has 1 saturated heterocycles. The fourth-order valence-corrected chi connectivity index (χ4v) is 3.57. The number of nitrogens with zero attached hydrogens (tertiary/aromatic N) is 3. The number of nitrogens with one attached hydrogen (secondary N) is 2. The van der Waals surface area contributed by atoms with Gasteiger partial charge in [-0.05, 0) is 37.3 Å². The van der Waals surface area contributed by atoms with Gasteiger partial charge in [0.2, 0.25) is 0 Å². The zero-order valence-electron chi connectivity index (χ0n) is 18.3. The number of benzene rings is 2. The molecule has 174 valence electrons. The average Bonchev–Trinajstić information content (AvgIpc) is 2.83. The summed E-state index contributed by atoms with van der Waals surface area (Å²) in [5.74, 6) is -1.42. The Bertz CT molecular complexity index is 1040. The van der Waals surface area contributed by atoms with E-state index in [0.29, 0.717) is 25.2 Å². The van der Waals surface area contributed by atoms with Crippen molar-refractivity contribution in [3.8, 4) is 0 Å². The van der Waals surface area contributed by atoms with Crippen molar-refractivity contribution in [2.45, 2.75) is 13.0 Å². The number of esters is 1. The molecular weight excluding hydrogens is 430 g/mol. The van der Waals surface area contributed by atoms with E-state index in [0.717, 1.165) is 11.8 Å². The third kappa shape index (κ3) is 6.04. The standard InChI is InChI=1S/C22H25N5O6/c1-15-13-26(18-8-6-16(7-9-18)22(30)33-2)11-10-25(15)14-20(28)23-24-21(29)17-4-3-5-19(12-17)27(31)32/h3-9,12,15H,10-11,13-14H2,1-2H3,(H,23,28)(H,24,29). The lowest BCUT2D eigenvalue weighted by Gasteiger charge is -2.40. The van der Waals surface area contributed by atoms with Crippen molar-refractivity contribution in [2.24, 2.45) is 0 Å². The summed E-state index contributed by atoms with van der Waals surface area (Å²) in [6.07, 6.45) is 0. The molecule has 0 radical (unpaired) electrons. The zero-order chi connectivity index (χ0) is 24.0. The van der Waals surface area contributed by atoms with E-state index in [1.165, 1.54) is 25.3 Å². The van der Waals surface area contributed by atoms with Crippen LogP contribution in [0.2, 0.25) is 0 Å². The Labute approximate surface area is 190 Å². The number of ether oxygens (including phenoxy) is 1. The number of nitro benzene ring substituents is 1. The van der Waals surface area contributed by atoms with Crippen molar-refractivity contribution in [3.63, 3.8) is 0 Å². The maximum Gasteiger partial charge on any atom is 0.337 e. The van der Waals surface area contributed by atoms with Crippen LogP contribution >= 0.6 is 0 Å². The van der Waals surface area contributed by atoms with Gasteiger partial charge in [0.25, 0.3) is 17.5 Å². The first kappa shape index (κ1) is 23.7. The van der Waals surface area contributed by atoms with Crippen LogP contribution in [0.3, 0.4) is 0 Å². The van der Waals surface area contributed by atoms with Gasteiger partial charge >= 0.3 is 5.97 Å². The molecule has 3 rings (SSSR count). The number of carbonyl (C=O) groups excluding carboxylic acids is 3. The van der Waals surface area contributed by atoms with Gasteiger partial charge in [0.05, 0.1) is 24.1 Å². The Kier molecular flexibility index (Phi) is 7.57. The van der Waals surface area contributed by atoms with Crippen LogP contribution in [0.25, 0.3) is 0 Å². The van der Waals surface area contributed by atoms with E-state index in [1.807, 2.05) is 24.0 Å². The number of nitro groups is 1. The van der Waals surface area contributed by atoms with Gasteiger partial charge in [-0.3, -0.25) is 35.5 Å². The fraction of sp³-hybridized carbons (Fsp3) is 0.318. The topological polar surface area (TPSA) is 134 Å². The van der Waals surface area contributed by atoms with Gasteiger partial charge in [0.1, 0.15) is 0 Å². The van der Waals surface area contributed by atoms with Crippen LogP contribution in [0.4, 0.5) is 11.4 Å². The van der Waals surface area contributed by atoms with Crippen molar-refractivity contribution >= 4 is 29.2 Å². The molecule has 2 aromatic rings. The number of hydrogen-bond donors (Lipinski definition) is 2. The molecule has 2 aromatic carbocycles. The highest BCUT2D eigenvalue weighted by Crippen LogP contribution is 2.20. The molecular formula is C22H25N5O6. The van der Waals surface area contributed by atoms with Crippen LogP contribution in [0, 0.1) is 10.1 Å². The summed E-state index contributed by atoms with van der Waals surface area (Å²) >= 11 is 0. The van der Waals surface area contributed by atoms with Crippen LogP contribution < -0.4 is 15.8 Å². The molecule has 0 spiro atoms. The van der Waals surface area contributed by atoms with Gasteiger partial charge in [-0.15, -0.1) is 0 Å². The molecule has 0 bridgehead atoms. The molecule has 1 aliphatic heterocycles. The summed E-state index contributed by atoms with van der Waals surface area (Å²) in [6.45, 7) is 4.10. The first-order chi connectivity index (χ1) is 15.8. The van der Waals surface area contributed by atoms with Crippen molar-refractivity contribution < 1.29 is 24.0 Å². The van der Waals surface area contributed by atoms with E-state index in [9.17, 15) is 24.5 Å². The van der Waals surface area contributed by atoms with Gasteiger partial charge in [-0.1, -0.05) is 6.07 Å². The number of hydrogen-bond acceptors (Lipinski definition) is 8. The van der Waals surface area contributed by atoms with Crippen LogP contribution in [0.15, 0.2) is 48.5 Å². The van der Waals surface area contributed by atoms with E-state index < -0.39 is 16.7 Å². The largest absolute Gasteiger partial charge is 0.465 e. The number of non-ortho nitro benzene ring substituents is 1. The number of methoxy groups -OCH3 is 1. The normalized spacial score (nSPS) is 16.1. The molecule has 0 aromatic heterocycles. The van der Waals surface area contributed by atoms with Crippen LogP contribution in [0.1, 0.15) is 27.6 Å². The first-order valence-corrected chi connectivity index (χ1v) is 10.3. The average molecular weight is 455 g/mol. The minimum atomic E-state index is -0.639. The Morgan fingerprint density at radius 3 is 2.45 bits per heavy atom. The lowest BCUT2D eigenvalue weighted by molar-refractivity contribution is -0.384. The second-order valence-corrected chi connectivity index (χ2v) is 7.61. The van der Waals surface area contributed by atoms with E-state index in [-0.39, 0.29) is 29.8 Å². The Morgan fingerprint density at radius 1 is 1.09 bits per heavy atom. The molecule has 0 saturated carbocycles. The van der Waals surface area contributed by atoms with Gasteiger partial charge < -0.3 is 9.64 Å². The third-order valence-electron chi connectivity index (χ3n) is 5.40. The monoisotopic (exact) mass is 455 g/mol. The lowest BCUT2D eigenvalue weighted by atomic mass is 10.1. The lowest BCUT2D eigenvalue weighted by Crippen LogP contribution is -2.55. The minimum Gasteiger partial charge on any atom is -0.465 e. The highest BCUT2D eigenvalue weighted by Gasteiger charge is 2.26. The molecule has 11 nitrogen and oxygen atoms in total. The Hall–Kier alpha value is -3.99. The van der Waals surface area contributed by atoms with Crippen molar-refractivity contribution in [1.82, 2.24) is 15.8 Å². The van der Waals surface area contributed by atoms with E-state index in [1.54, 1.807) is 12.1 Å². The highest BCUT2D eigenvalue weighted by atomic mass is 16.6. The van der Waals surface area contributed by atoms with Crippen molar-refractivity contribution in [1.29, 1.82) is 0 Å². The number of anilines is 1. The number of carbonyl (C=O) groups is 3. The first-order valence-electron chi connectivity index (χ1n) is 10.3. The van der Waals surface area contributed by atoms with E-state index in [2.05, 4.69) is 15.8 Å². The summed E-state index contributed by atoms with van der Waals surface area (Å²) in [5.41, 5.74) is 5.97. The van der Waals surface area contributed by atoms with E-state index in [4.69, 9.17) is 4.74 Å². The molecule has 1 fully saturated rings. The summed E-state index contributed by atoms with van der Waals surface area (Å²) in [7, 11) is 1.34. The maximum absolute atomic E-state index is 12.3. The van der Waals surface area contributed by atoms with Crippen LogP contribution in [-0.2, 0) is 9.53 Å². The fourth-order valence-electron chi connectivity index (χ4n) is 3.57. The summed E-state index contributed by atoms with van der Waals surface area (Å²) in [6, 6.07) is 12.5. The summed E-state index contributed by atoms with van der Waals surface area (Å²) in [5, 5.41) is 10.8. The van der Waals surface area contributed by atoms with Gasteiger partial charge in [-0.25, -0.2) is 4.79 Å². The van der Waals surface area contributed by atoms with Crippen LogP contribution in [-0.4, -0.2) is 66.9 Å². The molecule has 2 amide bonds. The molecule has 33 heavy (non-hydrogen) atoms. The van der Waals surface area contributed by atoms with Crippen molar-refractivity contribution in [3.05, 3.63) is 69.8 Å². The summed E-state index contributed by atoms with van der Waals surface area (Å²) < 4.78 is 4.71. The number of hydrazine groups is 1. The molecule has 1 aliphatic rings. The highest BCUT2D eigenvalue weighted by molar-refractivity contribution is 5.96. The molecule has 1 atom stereocenters. The van der Waals surface area contributed by atoms with Crippen molar-refractivity contribution in [2.75, 3.05) is 38.2 Å². The number of rotatable bonds is 6. The number of piperazine rings is 1. The minimum absolute atomic E-state index is 0.0669. The van der Waals surface area contributed by atoms with Gasteiger partial charge in [-0.2, -0.15) is 0 Å². The number of amides is 2. The third-order valence-corrected chi connectivity index (χ3v) is 5.40. The van der Waals surface area contributed by atoms with Gasteiger partial charge in [0.15, 0.2) is 0 Å². The maximum atomic E-state index is 12.3. The van der Waals surface area contributed by atoms with Gasteiger partial charge in [0, 0.05) is 49.1 Å². The molecule has 1 unspecified atom stereocenters.